The topological polar surface area (TPSA) is 75.7 Å². The van der Waals surface area contributed by atoms with Crippen LogP contribution in [0.25, 0.3) is 0 Å². The summed E-state index contributed by atoms with van der Waals surface area (Å²) in [6, 6.07) is 5.45. The molecule has 0 radical (unpaired) electrons. The molecule has 128 valence electrons. The molecule has 0 aliphatic carbocycles. The Bertz CT molecular complexity index is 633. The number of nitrogens with zero attached hydrogens (tertiary/aromatic N) is 1. The largest absolute Gasteiger partial charge is 0.492 e. The van der Waals surface area contributed by atoms with Gasteiger partial charge in [0.15, 0.2) is 9.84 Å². The fourth-order valence-electron chi connectivity index (χ4n) is 2.36. The summed E-state index contributed by atoms with van der Waals surface area (Å²) in [5.41, 5.74) is 0. The van der Waals surface area contributed by atoms with E-state index in [9.17, 15) is 17.6 Å². The molecule has 1 amide bonds. The fraction of sp³-hybridized carbons (Fsp3) is 0.533. The van der Waals surface area contributed by atoms with Crippen molar-refractivity contribution in [2.24, 2.45) is 0 Å². The monoisotopic (exact) mass is 344 g/mol. The lowest BCUT2D eigenvalue weighted by molar-refractivity contribution is -0.122. The Hall–Kier alpha value is -1.67. The number of hydrogen-bond acceptors (Lipinski definition) is 5. The van der Waals surface area contributed by atoms with Crippen molar-refractivity contribution in [1.82, 2.24) is 10.2 Å². The molecule has 1 unspecified atom stereocenters. The third-order valence-corrected chi connectivity index (χ3v) is 5.33. The summed E-state index contributed by atoms with van der Waals surface area (Å²) in [7, 11) is -1.22. The van der Waals surface area contributed by atoms with E-state index >= 15 is 0 Å². The van der Waals surface area contributed by atoms with Gasteiger partial charge in [-0.05, 0) is 37.7 Å². The van der Waals surface area contributed by atoms with Gasteiger partial charge >= 0.3 is 0 Å². The smallest absolute Gasteiger partial charge is 0.234 e. The van der Waals surface area contributed by atoms with Crippen LogP contribution in [0.2, 0.25) is 0 Å². The first kappa shape index (κ1) is 17.7. The van der Waals surface area contributed by atoms with Crippen LogP contribution >= 0.6 is 0 Å². The number of hydrogen-bond donors (Lipinski definition) is 1. The second kappa shape index (κ2) is 7.74. The Labute approximate surface area is 135 Å². The average Bonchev–Trinajstić information content (AvgIpc) is 2.79. The molecule has 0 saturated carbocycles. The molecule has 0 aromatic heterocycles. The molecule has 6 nitrogen and oxygen atoms in total. The molecule has 23 heavy (non-hydrogen) atoms. The number of carbonyl (C=O) groups excluding carboxylic acids is 1. The van der Waals surface area contributed by atoms with Gasteiger partial charge in [0, 0.05) is 12.6 Å². The van der Waals surface area contributed by atoms with Gasteiger partial charge in [0.05, 0.1) is 18.1 Å². The van der Waals surface area contributed by atoms with Crippen molar-refractivity contribution in [3.05, 3.63) is 30.1 Å². The van der Waals surface area contributed by atoms with E-state index in [4.69, 9.17) is 4.74 Å². The van der Waals surface area contributed by atoms with Crippen LogP contribution in [-0.2, 0) is 14.6 Å². The van der Waals surface area contributed by atoms with E-state index < -0.39 is 9.84 Å². The van der Waals surface area contributed by atoms with E-state index in [1.165, 1.54) is 12.1 Å². The molecule has 1 saturated heterocycles. The highest BCUT2D eigenvalue weighted by Gasteiger charge is 2.28. The highest BCUT2D eigenvalue weighted by Crippen LogP contribution is 2.11. The molecule has 0 spiro atoms. The first-order valence-electron chi connectivity index (χ1n) is 7.41. The summed E-state index contributed by atoms with van der Waals surface area (Å²) in [6.45, 7) is 1.06. The number of amides is 1. The highest BCUT2D eigenvalue weighted by molar-refractivity contribution is 7.91. The number of benzene rings is 1. The van der Waals surface area contributed by atoms with Gasteiger partial charge in [-0.1, -0.05) is 0 Å². The highest BCUT2D eigenvalue weighted by atomic mass is 32.2. The van der Waals surface area contributed by atoms with Crippen LogP contribution in [0.1, 0.15) is 6.42 Å². The predicted molar refractivity (Wildman–Crippen MR) is 84.6 cm³/mol. The second-order valence-electron chi connectivity index (χ2n) is 5.71. The average molecular weight is 344 g/mol. The number of carbonyl (C=O) groups is 1. The fourth-order valence-corrected chi connectivity index (χ4v) is 4.03. The number of rotatable bonds is 7. The van der Waals surface area contributed by atoms with Gasteiger partial charge in [0.1, 0.15) is 18.2 Å². The summed E-state index contributed by atoms with van der Waals surface area (Å²) in [4.78, 5) is 13.6. The van der Waals surface area contributed by atoms with Gasteiger partial charge in [-0.15, -0.1) is 0 Å². The molecule has 1 fully saturated rings. The van der Waals surface area contributed by atoms with Gasteiger partial charge < -0.3 is 10.1 Å². The number of ether oxygens (including phenoxy) is 1. The van der Waals surface area contributed by atoms with E-state index in [1.807, 2.05) is 0 Å². The molecule has 2 rings (SSSR count). The molecule has 1 N–H and O–H groups in total. The van der Waals surface area contributed by atoms with Crippen molar-refractivity contribution in [2.75, 3.05) is 38.2 Å². The Balaban J connectivity index is 1.65. The predicted octanol–water partition coefficient (Wildman–Crippen LogP) is 0.440. The van der Waals surface area contributed by atoms with Crippen LogP contribution in [0.4, 0.5) is 4.39 Å². The van der Waals surface area contributed by atoms with Crippen LogP contribution in [0.5, 0.6) is 5.75 Å². The Kier molecular flexibility index (Phi) is 5.95. The van der Waals surface area contributed by atoms with Crippen LogP contribution in [-0.4, -0.2) is 63.5 Å². The summed E-state index contributed by atoms with van der Waals surface area (Å²) < 4.78 is 40.9. The maximum atomic E-state index is 12.7. The molecular weight excluding hydrogens is 323 g/mol. The van der Waals surface area contributed by atoms with Crippen molar-refractivity contribution >= 4 is 15.7 Å². The first-order valence-corrected chi connectivity index (χ1v) is 9.23. The summed E-state index contributed by atoms with van der Waals surface area (Å²) in [5.74, 6) is 0.215. The van der Waals surface area contributed by atoms with E-state index in [-0.39, 0.29) is 35.8 Å². The second-order valence-corrected chi connectivity index (χ2v) is 7.94. The van der Waals surface area contributed by atoms with E-state index in [0.717, 1.165) is 0 Å². The Morgan fingerprint density at radius 3 is 2.70 bits per heavy atom. The summed E-state index contributed by atoms with van der Waals surface area (Å²) in [6.07, 6.45) is 0.478. The molecule has 1 aliphatic rings. The number of sulfone groups is 1. The normalized spacial score (nSPS) is 19.7. The maximum Gasteiger partial charge on any atom is 0.234 e. The summed E-state index contributed by atoms with van der Waals surface area (Å²) >= 11 is 0. The molecular formula is C15H21FN2O4S. The Morgan fingerprint density at radius 2 is 2.09 bits per heavy atom. The minimum absolute atomic E-state index is 0.0239. The quantitative estimate of drug-likeness (QED) is 0.777. The SMILES string of the molecule is CN(CCOc1ccc(F)cc1)CC(=O)NC1CCS(=O)(=O)C1. The van der Waals surface area contributed by atoms with Crippen LogP contribution < -0.4 is 10.1 Å². The first-order chi connectivity index (χ1) is 10.8. The standard InChI is InChI=1S/C15H21FN2O4S/c1-18(7-8-22-14-4-2-12(16)3-5-14)10-15(19)17-13-6-9-23(20,21)11-13/h2-5,13H,6-11H2,1H3,(H,17,19). The van der Waals surface area contributed by atoms with Gasteiger partial charge in [0.2, 0.25) is 5.91 Å². The minimum atomic E-state index is -2.99. The molecule has 1 atom stereocenters. The van der Waals surface area contributed by atoms with Crippen molar-refractivity contribution in [3.63, 3.8) is 0 Å². The van der Waals surface area contributed by atoms with Gasteiger partial charge in [-0.3, -0.25) is 9.69 Å². The van der Waals surface area contributed by atoms with Crippen LogP contribution in [0.15, 0.2) is 24.3 Å². The third-order valence-electron chi connectivity index (χ3n) is 3.57. The van der Waals surface area contributed by atoms with Crippen molar-refractivity contribution in [1.29, 1.82) is 0 Å². The van der Waals surface area contributed by atoms with Crippen molar-refractivity contribution in [2.45, 2.75) is 12.5 Å². The molecule has 8 heteroatoms. The van der Waals surface area contributed by atoms with Crippen LogP contribution in [0, 0.1) is 5.82 Å². The van der Waals surface area contributed by atoms with E-state index in [1.54, 1.807) is 24.1 Å². The maximum absolute atomic E-state index is 12.7. The molecule has 0 bridgehead atoms. The zero-order chi connectivity index (χ0) is 16.9. The molecule has 1 aromatic carbocycles. The lowest BCUT2D eigenvalue weighted by Crippen LogP contribution is -2.42. The molecule has 1 aromatic rings. The van der Waals surface area contributed by atoms with Crippen LogP contribution in [0.3, 0.4) is 0 Å². The third kappa shape index (κ3) is 6.15. The Morgan fingerprint density at radius 1 is 1.39 bits per heavy atom. The van der Waals surface area contributed by atoms with Crippen molar-refractivity contribution in [3.8, 4) is 5.75 Å². The van der Waals surface area contributed by atoms with Gasteiger partial charge in [0.25, 0.3) is 0 Å². The van der Waals surface area contributed by atoms with Gasteiger partial charge in [-0.25, -0.2) is 12.8 Å². The lowest BCUT2D eigenvalue weighted by atomic mass is 10.2. The zero-order valence-corrected chi connectivity index (χ0v) is 13.8. The minimum Gasteiger partial charge on any atom is -0.492 e. The van der Waals surface area contributed by atoms with Gasteiger partial charge in [-0.2, -0.15) is 0 Å². The number of halogens is 1. The van der Waals surface area contributed by atoms with E-state index in [2.05, 4.69) is 5.32 Å². The molecule has 1 heterocycles. The van der Waals surface area contributed by atoms with Crippen molar-refractivity contribution < 1.29 is 22.3 Å². The zero-order valence-electron chi connectivity index (χ0n) is 13.0. The molecule has 1 aliphatic heterocycles. The summed E-state index contributed by atoms with van der Waals surface area (Å²) in [5, 5.41) is 2.74. The number of nitrogens with one attached hydrogen (secondary N) is 1. The van der Waals surface area contributed by atoms with E-state index in [0.29, 0.717) is 25.3 Å². The lowest BCUT2D eigenvalue weighted by Gasteiger charge is -2.18. The number of likely N-dealkylation sites (N-methyl/N-ethyl adjacent to an activating group) is 1.